The molecule has 6 aromatic carbocycles. The van der Waals surface area contributed by atoms with Crippen LogP contribution in [0.5, 0.6) is 11.5 Å². The van der Waals surface area contributed by atoms with Crippen LogP contribution in [-0.4, -0.2) is 91.9 Å². The summed E-state index contributed by atoms with van der Waals surface area (Å²) in [5.41, 5.74) is -5.11. The Morgan fingerprint density at radius 1 is 0.414 bits per heavy atom. The molecule has 0 bridgehead atoms. The van der Waals surface area contributed by atoms with Gasteiger partial charge in [-0.3, -0.25) is 18.7 Å². The van der Waals surface area contributed by atoms with Crippen molar-refractivity contribution >= 4 is 115 Å². The number of carbonyl (C=O) groups is 5. The van der Waals surface area contributed by atoms with E-state index in [1.54, 1.807) is 0 Å². The van der Waals surface area contributed by atoms with Gasteiger partial charge in [-0.05, 0) is 101 Å². The Morgan fingerprint density at radius 3 is 1.06 bits per heavy atom. The zero-order valence-electron chi connectivity index (χ0n) is 35.9. The fourth-order valence-corrected chi connectivity index (χ4v) is 8.38. The molecule has 0 aliphatic rings. The topological polar surface area (TPSA) is 443 Å². The van der Waals surface area contributed by atoms with Crippen molar-refractivity contribution in [2.75, 3.05) is 21.3 Å². The first-order chi connectivity index (χ1) is 30.4. The molecule has 33 heteroatoms. The van der Waals surface area contributed by atoms with Gasteiger partial charge in [0.15, 0.2) is 0 Å². The third kappa shape index (κ3) is 14.7. The van der Waals surface area contributed by atoms with Gasteiger partial charge in [0, 0.05) is 39.3 Å². The summed E-state index contributed by atoms with van der Waals surface area (Å²) in [6, 6.07) is 8.05. The number of carbonyl (C=O) groups excluding carboxylic acids is 5. The van der Waals surface area contributed by atoms with Crippen LogP contribution in [0.3, 0.4) is 0 Å². The first-order valence-electron chi connectivity index (χ1n) is 17.3. The first-order valence-corrected chi connectivity index (χ1v) is 23.0. The minimum absolute atomic E-state index is 0. The van der Waals surface area contributed by atoms with Crippen LogP contribution in [0, 0.1) is 0 Å². The Morgan fingerprint density at radius 2 is 0.714 bits per heavy atom. The van der Waals surface area contributed by atoms with E-state index in [-0.39, 0.29) is 118 Å². The minimum atomic E-state index is -5.36. The van der Waals surface area contributed by atoms with E-state index in [9.17, 15) is 96.3 Å². The zero-order valence-corrected chi connectivity index (χ0v) is 47.2. The van der Waals surface area contributed by atoms with Crippen molar-refractivity contribution in [2.24, 2.45) is 0 Å². The Hall–Kier alpha value is -3.77. The van der Waals surface area contributed by atoms with Gasteiger partial charge in [0.25, 0.3) is 32.1 Å². The fraction of sp³-hybridized carbons (Fsp3) is 0. The number of hydrogen-bond donors (Lipinski definition) is 8. The number of rotatable bonds is 12. The number of urea groups is 1. The van der Waals surface area contributed by atoms with Gasteiger partial charge in [-0.25, -0.2) is 21.6 Å². The summed E-state index contributed by atoms with van der Waals surface area (Å²) in [6.07, 6.45) is 0. The summed E-state index contributed by atoms with van der Waals surface area (Å²) in [4.78, 5) is 60.1. The van der Waals surface area contributed by atoms with Crippen LogP contribution in [0.25, 0.3) is 21.5 Å². The van der Waals surface area contributed by atoms with E-state index in [2.05, 4.69) is 21.3 Å². The van der Waals surface area contributed by atoms with Gasteiger partial charge < -0.3 is 60.4 Å². The largest absolute Gasteiger partial charge is 1.00 e. The maximum atomic E-state index is 13.5. The predicted molar refractivity (Wildman–Crippen MR) is 217 cm³/mol. The smallest absolute Gasteiger partial charge is 0.744 e. The molecule has 0 radical (unpaired) electrons. The summed E-state index contributed by atoms with van der Waals surface area (Å²) in [5, 5.41) is 51.7. The van der Waals surface area contributed by atoms with Crippen LogP contribution >= 0.6 is 0 Å². The van der Waals surface area contributed by atoms with Crippen LogP contribution in [-0.2, 0) is 40.5 Å². The maximum absolute atomic E-state index is 13.5. The molecule has 4 amide bonds. The summed E-state index contributed by atoms with van der Waals surface area (Å²) < 4.78 is 137. The molecule has 6 aromatic rings. The molecule has 0 saturated heterocycles. The number of hydrogen-bond acceptors (Lipinski definition) is 19. The number of phenols is 2. The van der Waals surface area contributed by atoms with Crippen molar-refractivity contribution in [3.63, 3.8) is 0 Å². The van der Waals surface area contributed by atoms with E-state index < -0.39 is 168 Å². The van der Waals surface area contributed by atoms with Crippen LogP contribution < -0.4 is 150 Å². The Bertz CT molecular complexity index is 3410. The predicted octanol–water partition coefficient (Wildman–Crippen LogP) is -11.4. The minimum Gasteiger partial charge on any atom is -0.744 e. The number of phenolic OH excluding ortho intramolecular Hbond substituents is 2. The summed E-state index contributed by atoms with van der Waals surface area (Å²) in [6.45, 7) is 0. The first kappa shape index (κ1) is 62.3. The number of benzene rings is 6. The quantitative estimate of drug-likeness (QED) is 0.0417. The molecular formula is C37H22N4Na4O21S4. The normalized spacial score (nSPS) is 11.4. The molecule has 0 aromatic heterocycles. The van der Waals surface area contributed by atoms with Crippen molar-refractivity contribution in [3.8, 4) is 11.5 Å². The number of aromatic carboxylic acids is 2. The van der Waals surface area contributed by atoms with Crippen molar-refractivity contribution < 1.29 is 215 Å². The van der Waals surface area contributed by atoms with E-state index in [1.807, 2.05) is 0 Å². The fourth-order valence-electron chi connectivity index (χ4n) is 6.24. The molecule has 0 unspecified atom stereocenters. The van der Waals surface area contributed by atoms with Crippen LogP contribution in [0.2, 0.25) is 0 Å². The van der Waals surface area contributed by atoms with Gasteiger partial charge >= 0.3 is 124 Å². The second-order valence-electron chi connectivity index (χ2n) is 13.5. The number of fused-ring (bicyclic) bond motifs is 2. The molecule has 0 aliphatic carbocycles. The molecular weight excluding hydrogens is 1060 g/mol. The summed E-state index contributed by atoms with van der Waals surface area (Å²) in [5.74, 6) is -8.39. The molecule has 0 aliphatic heterocycles. The average molecular weight is 1080 g/mol. The van der Waals surface area contributed by atoms with Crippen LogP contribution in [0.4, 0.5) is 27.5 Å². The SMILES string of the molecule is O=C(Nc1cc(C(=O)[O-])cc(C(=O)Nc2cc(S(=O)(=O)[O-])cc3cc(S(=O)(=O)[O-])cc(O)c23)c1)Nc1cc(C(=O)[O-])cc(C(=O)Nc2cc(S(=O)(=O)O)cc3cc(S(=O)(=O)O)cc(O)c23)c1.[Na+].[Na+].[Na+].[Na+]. The van der Waals surface area contributed by atoms with Gasteiger partial charge in [-0.15, -0.1) is 0 Å². The van der Waals surface area contributed by atoms with Gasteiger partial charge in [-0.1, -0.05) is 0 Å². The third-order valence-electron chi connectivity index (χ3n) is 9.00. The molecule has 344 valence electrons. The molecule has 70 heavy (non-hydrogen) atoms. The van der Waals surface area contributed by atoms with Crippen LogP contribution in [0.1, 0.15) is 41.4 Å². The number of carboxylic acids is 2. The number of amides is 4. The van der Waals surface area contributed by atoms with Crippen molar-refractivity contribution in [3.05, 3.63) is 107 Å². The van der Waals surface area contributed by atoms with Crippen molar-refractivity contribution in [2.45, 2.75) is 19.6 Å². The molecule has 0 spiro atoms. The van der Waals surface area contributed by atoms with E-state index >= 15 is 0 Å². The standard InChI is InChI=1S/C37H26N4O21S4.4Na/c42-29-13-25(65(57,58)59)9-15-7-23(63(51,52)53)11-27(31(15)29)40-33(44)17-1-19(35(46)47)5-21(3-17)38-37(50)39-22-4-18(2-20(6-22)36(48)49)34(45)41-28-12-24(64(54,55)56)8-16-10-26(66(60,61)62)14-30(43)32(16)28;;;;/h1-14,42-43H,(H,40,44)(H,41,45)(H,46,47)(H,48,49)(H2,38,39,50)(H,51,52,53)(H,54,55,56)(H,57,58,59)(H,60,61,62);;;;/q;4*+1/p-4. The van der Waals surface area contributed by atoms with Gasteiger partial charge in [0.2, 0.25) is 0 Å². The molecule has 25 nitrogen and oxygen atoms in total. The Labute approximate surface area is 482 Å². The van der Waals surface area contributed by atoms with Gasteiger partial charge in [-0.2, -0.15) is 16.8 Å². The summed E-state index contributed by atoms with van der Waals surface area (Å²) >= 11 is 0. The monoisotopic (exact) mass is 1080 g/mol. The molecule has 0 saturated carbocycles. The van der Waals surface area contributed by atoms with E-state index in [0.29, 0.717) is 60.7 Å². The molecule has 0 heterocycles. The van der Waals surface area contributed by atoms with E-state index in [4.69, 9.17) is 0 Å². The molecule has 0 atom stereocenters. The number of anilines is 4. The van der Waals surface area contributed by atoms with E-state index in [0.717, 1.165) is 24.3 Å². The number of nitrogens with one attached hydrogen (secondary N) is 4. The van der Waals surface area contributed by atoms with Crippen molar-refractivity contribution in [1.82, 2.24) is 0 Å². The number of aromatic hydroxyl groups is 2. The second-order valence-corrected chi connectivity index (χ2v) is 19.1. The molecule has 6 rings (SSSR count). The third-order valence-corrected chi connectivity index (χ3v) is 12.3. The second kappa shape index (κ2) is 23.4. The molecule has 8 N–H and O–H groups in total. The van der Waals surface area contributed by atoms with E-state index in [1.165, 1.54) is 0 Å². The van der Waals surface area contributed by atoms with Crippen LogP contribution in [0.15, 0.2) is 105 Å². The maximum Gasteiger partial charge on any atom is 1.00 e. The van der Waals surface area contributed by atoms with Crippen molar-refractivity contribution in [1.29, 1.82) is 0 Å². The zero-order chi connectivity index (χ0) is 49.0. The summed E-state index contributed by atoms with van der Waals surface area (Å²) in [7, 11) is -20.7. The van der Waals surface area contributed by atoms with Gasteiger partial charge in [0.05, 0.1) is 42.9 Å². The van der Waals surface area contributed by atoms with Gasteiger partial charge in [0.1, 0.15) is 31.7 Å². The average Bonchev–Trinajstić information content (AvgIpc) is 3.18. The molecule has 0 fully saturated rings. The Kier molecular flexibility index (Phi) is 20.8. The Balaban J connectivity index is 0.00000420. The number of carboxylic acid groups (broad SMARTS) is 2.